The zero-order valence-corrected chi connectivity index (χ0v) is 15.0. The van der Waals surface area contributed by atoms with Crippen molar-refractivity contribution in [1.29, 1.82) is 0 Å². The zero-order chi connectivity index (χ0) is 16.8. The van der Waals surface area contributed by atoms with Gasteiger partial charge in [-0.2, -0.15) is 5.10 Å². The highest BCUT2D eigenvalue weighted by Crippen LogP contribution is 2.11. The molecule has 0 aliphatic carbocycles. The van der Waals surface area contributed by atoms with Crippen molar-refractivity contribution in [1.82, 2.24) is 15.1 Å². The van der Waals surface area contributed by atoms with Crippen LogP contribution in [0.1, 0.15) is 11.3 Å². The summed E-state index contributed by atoms with van der Waals surface area (Å²) in [6.45, 7) is 0.583. The lowest BCUT2D eigenvalue weighted by atomic mass is 10.1. The van der Waals surface area contributed by atoms with Crippen LogP contribution in [0.4, 0.5) is 0 Å². The molecule has 2 heterocycles. The quantitative estimate of drug-likeness (QED) is 0.479. The molecular formula is C18H16IN3O2. The molecule has 3 aromatic rings. The van der Waals surface area contributed by atoms with Crippen molar-refractivity contribution >= 4 is 34.6 Å². The molecule has 0 fully saturated rings. The number of benzene rings is 1. The molecule has 2 aromatic heterocycles. The van der Waals surface area contributed by atoms with Crippen molar-refractivity contribution in [3.8, 4) is 5.69 Å². The first-order valence-electron chi connectivity index (χ1n) is 7.51. The van der Waals surface area contributed by atoms with E-state index in [0.717, 1.165) is 21.4 Å². The number of nitrogens with zero attached hydrogens (tertiary/aromatic N) is 2. The molecular weight excluding hydrogens is 417 g/mol. The molecule has 1 N–H and O–H groups in total. The van der Waals surface area contributed by atoms with Crippen LogP contribution >= 0.6 is 22.6 Å². The number of aromatic nitrogens is 2. The summed E-state index contributed by atoms with van der Waals surface area (Å²) in [5.41, 5.74) is 2.18. The van der Waals surface area contributed by atoms with Crippen molar-refractivity contribution in [2.45, 2.75) is 6.42 Å². The molecule has 0 aliphatic heterocycles. The van der Waals surface area contributed by atoms with Crippen molar-refractivity contribution < 1.29 is 9.21 Å². The SMILES string of the molecule is O=C(/C=C/c1ccc(I)o1)NCCc1ccc(-n2cccn2)cc1. The number of carbonyl (C=O) groups excluding carboxylic acids is 1. The Morgan fingerprint density at radius 3 is 2.75 bits per heavy atom. The average Bonchev–Trinajstić information content (AvgIpc) is 3.25. The summed E-state index contributed by atoms with van der Waals surface area (Å²) in [6.07, 6.45) is 7.58. The van der Waals surface area contributed by atoms with E-state index in [-0.39, 0.29) is 5.91 Å². The van der Waals surface area contributed by atoms with Crippen molar-refractivity contribution in [3.63, 3.8) is 0 Å². The van der Waals surface area contributed by atoms with Crippen LogP contribution in [0.3, 0.4) is 0 Å². The average molecular weight is 433 g/mol. The number of furan rings is 1. The summed E-state index contributed by atoms with van der Waals surface area (Å²) in [6, 6.07) is 13.7. The van der Waals surface area contributed by atoms with Crippen LogP contribution in [0.2, 0.25) is 0 Å². The van der Waals surface area contributed by atoms with E-state index in [4.69, 9.17) is 4.42 Å². The summed E-state index contributed by atoms with van der Waals surface area (Å²) in [5.74, 6) is 0.540. The van der Waals surface area contributed by atoms with Gasteiger partial charge in [0.25, 0.3) is 0 Å². The van der Waals surface area contributed by atoms with Crippen LogP contribution in [-0.4, -0.2) is 22.2 Å². The Kier molecular flexibility index (Phi) is 5.47. The van der Waals surface area contributed by atoms with Gasteiger partial charge in [0.1, 0.15) is 5.76 Å². The predicted molar refractivity (Wildman–Crippen MR) is 101 cm³/mol. The number of amides is 1. The highest BCUT2D eigenvalue weighted by atomic mass is 127. The summed E-state index contributed by atoms with van der Waals surface area (Å²) in [7, 11) is 0. The molecule has 3 rings (SSSR count). The van der Waals surface area contributed by atoms with Gasteiger partial charge in [0.2, 0.25) is 5.91 Å². The lowest BCUT2D eigenvalue weighted by Crippen LogP contribution is -2.23. The van der Waals surface area contributed by atoms with Gasteiger partial charge in [0, 0.05) is 25.0 Å². The molecule has 0 aliphatic rings. The van der Waals surface area contributed by atoms with E-state index in [9.17, 15) is 4.79 Å². The molecule has 0 saturated heterocycles. The van der Waals surface area contributed by atoms with Crippen LogP contribution < -0.4 is 5.32 Å². The van der Waals surface area contributed by atoms with Gasteiger partial charge in [0.05, 0.1) is 5.69 Å². The van der Waals surface area contributed by atoms with Gasteiger partial charge in [0.15, 0.2) is 3.77 Å². The molecule has 0 atom stereocenters. The largest absolute Gasteiger partial charge is 0.451 e. The number of hydrogen-bond acceptors (Lipinski definition) is 3. The Bertz CT molecular complexity index is 820. The first-order valence-corrected chi connectivity index (χ1v) is 8.59. The van der Waals surface area contributed by atoms with E-state index in [0.29, 0.717) is 12.3 Å². The predicted octanol–water partition coefficient (Wildman–Crippen LogP) is 3.44. The van der Waals surface area contributed by atoms with E-state index in [1.807, 2.05) is 53.3 Å². The molecule has 0 spiro atoms. The van der Waals surface area contributed by atoms with Crippen LogP contribution in [0.15, 0.2) is 65.4 Å². The lowest BCUT2D eigenvalue weighted by Gasteiger charge is -2.05. The molecule has 0 unspecified atom stereocenters. The highest BCUT2D eigenvalue weighted by molar-refractivity contribution is 14.1. The molecule has 1 amide bonds. The molecule has 24 heavy (non-hydrogen) atoms. The second-order valence-corrected chi connectivity index (χ2v) is 6.20. The Hall–Kier alpha value is -2.35. The Balaban J connectivity index is 1.46. The van der Waals surface area contributed by atoms with Crippen molar-refractivity contribution in [2.75, 3.05) is 6.54 Å². The fraction of sp³-hybridized carbons (Fsp3) is 0.111. The van der Waals surface area contributed by atoms with Crippen molar-refractivity contribution in [3.05, 3.63) is 76.0 Å². The summed E-state index contributed by atoms with van der Waals surface area (Å²) >= 11 is 2.09. The Labute approximate surface area is 153 Å². The molecule has 1 aromatic carbocycles. The fourth-order valence-corrected chi connectivity index (χ4v) is 2.64. The van der Waals surface area contributed by atoms with E-state index in [2.05, 4.69) is 33.0 Å². The molecule has 0 saturated carbocycles. The lowest BCUT2D eigenvalue weighted by molar-refractivity contribution is -0.116. The molecule has 122 valence electrons. The number of hydrogen-bond donors (Lipinski definition) is 1. The minimum absolute atomic E-state index is 0.130. The van der Waals surface area contributed by atoms with Crippen LogP contribution in [0, 0.1) is 3.77 Å². The molecule has 6 heteroatoms. The fourth-order valence-electron chi connectivity index (χ4n) is 2.20. The van der Waals surface area contributed by atoms with E-state index in [1.165, 1.54) is 6.08 Å². The van der Waals surface area contributed by atoms with Crippen LogP contribution in [0.25, 0.3) is 11.8 Å². The molecule has 0 bridgehead atoms. The number of halogens is 1. The third kappa shape index (κ3) is 4.58. The molecule has 5 nitrogen and oxygen atoms in total. The van der Waals surface area contributed by atoms with E-state index < -0.39 is 0 Å². The minimum atomic E-state index is -0.130. The Morgan fingerprint density at radius 2 is 2.08 bits per heavy atom. The van der Waals surface area contributed by atoms with Crippen LogP contribution in [0.5, 0.6) is 0 Å². The third-order valence-corrected chi connectivity index (χ3v) is 3.99. The van der Waals surface area contributed by atoms with Gasteiger partial charge >= 0.3 is 0 Å². The van der Waals surface area contributed by atoms with Gasteiger partial charge < -0.3 is 9.73 Å². The van der Waals surface area contributed by atoms with Crippen molar-refractivity contribution in [2.24, 2.45) is 0 Å². The first-order chi connectivity index (χ1) is 11.7. The van der Waals surface area contributed by atoms with Gasteiger partial charge in [-0.25, -0.2) is 4.68 Å². The topological polar surface area (TPSA) is 60.1 Å². The van der Waals surface area contributed by atoms with Gasteiger partial charge in [-0.1, -0.05) is 12.1 Å². The first kappa shape index (κ1) is 16.5. The third-order valence-electron chi connectivity index (χ3n) is 3.41. The number of nitrogens with one attached hydrogen (secondary N) is 1. The standard InChI is InChI=1S/C18H16IN3O2/c19-17-8-6-16(24-17)7-9-18(23)20-12-10-14-2-4-15(5-3-14)22-13-1-11-21-22/h1-9,11,13H,10,12H2,(H,20,23)/b9-7+. The smallest absolute Gasteiger partial charge is 0.244 e. The number of carbonyl (C=O) groups is 1. The van der Waals surface area contributed by atoms with E-state index in [1.54, 1.807) is 12.3 Å². The van der Waals surface area contributed by atoms with Gasteiger partial charge in [-0.15, -0.1) is 0 Å². The maximum atomic E-state index is 11.8. The highest BCUT2D eigenvalue weighted by Gasteiger charge is 2.00. The maximum Gasteiger partial charge on any atom is 0.244 e. The van der Waals surface area contributed by atoms with Gasteiger partial charge in [-0.3, -0.25) is 4.79 Å². The normalized spacial score (nSPS) is 11.0. The summed E-state index contributed by atoms with van der Waals surface area (Å²) < 4.78 is 7.97. The second kappa shape index (κ2) is 7.96. The van der Waals surface area contributed by atoms with Gasteiger partial charge in [-0.05, 0) is 71.0 Å². The maximum absolute atomic E-state index is 11.8. The number of rotatable bonds is 6. The zero-order valence-electron chi connectivity index (χ0n) is 12.9. The monoisotopic (exact) mass is 433 g/mol. The summed E-state index contributed by atoms with van der Waals surface area (Å²) in [5, 5.41) is 7.06. The van der Waals surface area contributed by atoms with E-state index >= 15 is 0 Å². The summed E-state index contributed by atoms with van der Waals surface area (Å²) in [4.78, 5) is 11.8. The van der Waals surface area contributed by atoms with Crippen LogP contribution in [-0.2, 0) is 11.2 Å². The molecule has 0 radical (unpaired) electrons. The second-order valence-electron chi connectivity index (χ2n) is 5.13. The Morgan fingerprint density at radius 1 is 1.25 bits per heavy atom. The minimum Gasteiger partial charge on any atom is -0.451 e.